The molecule has 118 valence electrons. The van der Waals surface area contributed by atoms with E-state index in [0.717, 1.165) is 6.42 Å². The zero-order valence-electron chi connectivity index (χ0n) is 13.2. The van der Waals surface area contributed by atoms with E-state index >= 15 is 0 Å². The number of amides is 1. The van der Waals surface area contributed by atoms with E-state index in [0.29, 0.717) is 19.1 Å². The maximum Gasteiger partial charge on any atom is 0.407 e. The molecular weight excluding hydrogens is 254 g/mol. The van der Waals surface area contributed by atoms with Crippen LogP contribution in [0, 0.1) is 0 Å². The first-order chi connectivity index (χ1) is 9.40. The van der Waals surface area contributed by atoms with E-state index in [1.54, 1.807) is 0 Å². The van der Waals surface area contributed by atoms with Crippen LogP contribution in [0.4, 0.5) is 4.79 Å². The van der Waals surface area contributed by atoms with Crippen LogP contribution in [-0.4, -0.2) is 36.9 Å². The summed E-state index contributed by atoms with van der Waals surface area (Å²) in [4.78, 5) is 11.5. The van der Waals surface area contributed by atoms with E-state index in [-0.39, 0.29) is 12.1 Å². The summed E-state index contributed by atoms with van der Waals surface area (Å²) >= 11 is 0. The molecule has 1 saturated carbocycles. The molecule has 0 saturated heterocycles. The highest BCUT2D eigenvalue weighted by Gasteiger charge is 2.18. The number of rotatable bonds is 6. The van der Waals surface area contributed by atoms with E-state index in [2.05, 4.69) is 10.6 Å². The molecule has 0 radical (unpaired) electrons. The second-order valence-corrected chi connectivity index (χ2v) is 6.65. The Kier molecular flexibility index (Phi) is 7.30. The third-order valence-electron chi connectivity index (χ3n) is 3.52. The van der Waals surface area contributed by atoms with Crippen molar-refractivity contribution in [3.05, 3.63) is 0 Å². The number of hydrogen-bond acceptors (Lipinski definition) is 4. The SMILES string of the molecule is CC(C)(C)OC(=O)NCCC(CN)NC1CCCCC1. The highest BCUT2D eigenvalue weighted by molar-refractivity contribution is 5.67. The predicted octanol–water partition coefficient (Wildman–Crippen LogP) is 2.15. The van der Waals surface area contributed by atoms with Crippen molar-refractivity contribution in [3.8, 4) is 0 Å². The van der Waals surface area contributed by atoms with Gasteiger partial charge in [0.2, 0.25) is 0 Å². The summed E-state index contributed by atoms with van der Waals surface area (Å²) in [5.41, 5.74) is 5.36. The van der Waals surface area contributed by atoms with E-state index in [1.165, 1.54) is 32.1 Å². The molecule has 0 bridgehead atoms. The molecule has 5 nitrogen and oxygen atoms in total. The molecule has 1 fully saturated rings. The zero-order valence-corrected chi connectivity index (χ0v) is 13.2. The minimum Gasteiger partial charge on any atom is -0.444 e. The van der Waals surface area contributed by atoms with E-state index in [4.69, 9.17) is 10.5 Å². The molecule has 1 atom stereocenters. The summed E-state index contributed by atoms with van der Waals surface area (Å²) in [5, 5.41) is 6.40. The van der Waals surface area contributed by atoms with Crippen LogP contribution < -0.4 is 16.4 Å². The molecule has 1 amide bonds. The normalized spacial score (nSPS) is 18.6. The first-order valence-corrected chi connectivity index (χ1v) is 7.83. The zero-order chi connectivity index (χ0) is 15.0. The molecule has 0 aromatic carbocycles. The summed E-state index contributed by atoms with van der Waals surface area (Å²) in [6, 6.07) is 0.867. The van der Waals surface area contributed by atoms with Crippen molar-refractivity contribution in [1.29, 1.82) is 0 Å². The Bertz CT molecular complexity index is 283. The smallest absolute Gasteiger partial charge is 0.407 e. The lowest BCUT2D eigenvalue weighted by atomic mass is 9.94. The Labute approximate surface area is 123 Å². The van der Waals surface area contributed by atoms with Gasteiger partial charge in [-0.05, 0) is 40.0 Å². The molecule has 0 aromatic rings. The van der Waals surface area contributed by atoms with Gasteiger partial charge >= 0.3 is 6.09 Å². The number of carbonyl (C=O) groups is 1. The van der Waals surface area contributed by atoms with Crippen LogP contribution in [0.3, 0.4) is 0 Å². The van der Waals surface area contributed by atoms with Crippen molar-refractivity contribution >= 4 is 6.09 Å². The highest BCUT2D eigenvalue weighted by Crippen LogP contribution is 2.18. The molecule has 4 N–H and O–H groups in total. The lowest BCUT2D eigenvalue weighted by Crippen LogP contribution is -2.45. The molecule has 1 unspecified atom stereocenters. The van der Waals surface area contributed by atoms with Gasteiger partial charge in [-0.3, -0.25) is 0 Å². The second kappa shape index (κ2) is 8.47. The Morgan fingerprint density at radius 1 is 1.30 bits per heavy atom. The fourth-order valence-electron chi connectivity index (χ4n) is 2.53. The van der Waals surface area contributed by atoms with Gasteiger partial charge in [-0.2, -0.15) is 0 Å². The van der Waals surface area contributed by atoms with Crippen molar-refractivity contribution < 1.29 is 9.53 Å². The van der Waals surface area contributed by atoms with Crippen molar-refractivity contribution in [1.82, 2.24) is 10.6 Å². The van der Waals surface area contributed by atoms with Gasteiger partial charge in [0.15, 0.2) is 0 Å². The average Bonchev–Trinajstić information content (AvgIpc) is 2.36. The van der Waals surface area contributed by atoms with Gasteiger partial charge in [0.1, 0.15) is 5.60 Å². The number of nitrogens with one attached hydrogen (secondary N) is 2. The summed E-state index contributed by atoms with van der Waals surface area (Å²) in [7, 11) is 0. The van der Waals surface area contributed by atoms with Crippen LogP contribution in [0.1, 0.15) is 59.3 Å². The maximum atomic E-state index is 11.5. The molecule has 1 rings (SSSR count). The Morgan fingerprint density at radius 2 is 1.95 bits per heavy atom. The van der Waals surface area contributed by atoms with Gasteiger partial charge in [0, 0.05) is 25.2 Å². The molecule has 0 spiro atoms. The van der Waals surface area contributed by atoms with Gasteiger partial charge in [-0.15, -0.1) is 0 Å². The average molecular weight is 285 g/mol. The maximum absolute atomic E-state index is 11.5. The first-order valence-electron chi connectivity index (χ1n) is 7.83. The van der Waals surface area contributed by atoms with Gasteiger partial charge in [0.05, 0.1) is 0 Å². The van der Waals surface area contributed by atoms with Gasteiger partial charge in [-0.25, -0.2) is 4.79 Å². The minimum absolute atomic E-state index is 0.271. The topological polar surface area (TPSA) is 76.4 Å². The van der Waals surface area contributed by atoms with Crippen LogP contribution in [0.5, 0.6) is 0 Å². The predicted molar refractivity (Wildman–Crippen MR) is 81.7 cm³/mol. The van der Waals surface area contributed by atoms with Crippen LogP contribution >= 0.6 is 0 Å². The number of alkyl carbamates (subject to hydrolysis) is 1. The highest BCUT2D eigenvalue weighted by atomic mass is 16.6. The van der Waals surface area contributed by atoms with Gasteiger partial charge in [-0.1, -0.05) is 19.3 Å². The summed E-state index contributed by atoms with van der Waals surface area (Å²) < 4.78 is 5.20. The monoisotopic (exact) mass is 285 g/mol. The van der Waals surface area contributed by atoms with Crippen molar-refractivity contribution in [2.24, 2.45) is 5.73 Å². The Balaban J connectivity index is 2.18. The number of nitrogens with two attached hydrogens (primary N) is 1. The first kappa shape index (κ1) is 17.2. The standard InChI is InChI=1S/C15H31N3O2/c1-15(2,3)20-14(19)17-10-9-13(11-16)18-12-7-5-4-6-8-12/h12-13,18H,4-11,16H2,1-3H3,(H,17,19). The lowest BCUT2D eigenvalue weighted by molar-refractivity contribution is 0.0526. The van der Waals surface area contributed by atoms with E-state index < -0.39 is 5.60 Å². The number of hydrogen-bond donors (Lipinski definition) is 3. The molecule has 0 heterocycles. The third kappa shape index (κ3) is 7.70. The number of carbonyl (C=O) groups excluding carboxylic acids is 1. The second-order valence-electron chi connectivity index (χ2n) is 6.65. The molecule has 1 aliphatic carbocycles. The van der Waals surface area contributed by atoms with Crippen molar-refractivity contribution in [2.75, 3.05) is 13.1 Å². The quantitative estimate of drug-likeness (QED) is 0.699. The van der Waals surface area contributed by atoms with Crippen molar-refractivity contribution in [2.45, 2.75) is 77.0 Å². The molecule has 5 heteroatoms. The summed E-state index contributed by atoms with van der Waals surface area (Å²) in [6.07, 6.45) is 6.95. The van der Waals surface area contributed by atoms with Crippen LogP contribution in [-0.2, 0) is 4.74 Å². The molecule has 0 aliphatic heterocycles. The molecule has 0 aromatic heterocycles. The fraction of sp³-hybridized carbons (Fsp3) is 0.933. The fourth-order valence-corrected chi connectivity index (χ4v) is 2.53. The summed E-state index contributed by atoms with van der Waals surface area (Å²) in [6.45, 7) is 6.78. The van der Waals surface area contributed by atoms with Crippen molar-refractivity contribution in [3.63, 3.8) is 0 Å². The number of ether oxygens (including phenoxy) is 1. The minimum atomic E-state index is -0.447. The molecule has 20 heavy (non-hydrogen) atoms. The molecule has 1 aliphatic rings. The van der Waals surface area contributed by atoms with E-state index in [9.17, 15) is 4.79 Å². The van der Waals surface area contributed by atoms with Crippen LogP contribution in [0.15, 0.2) is 0 Å². The lowest BCUT2D eigenvalue weighted by Gasteiger charge is -2.28. The Hall–Kier alpha value is -0.810. The van der Waals surface area contributed by atoms with Gasteiger partial charge in [0.25, 0.3) is 0 Å². The third-order valence-corrected chi connectivity index (χ3v) is 3.52. The molecular formula is C15H31N3O2. The van der Waals surface area contributed by atoms with E-state index in [1.807, 2.05) is 20.8 Å². The largest absolute Gasteiger partial charge is 0.444 e. The van der Waals surface area contributed by atoms with Gasteiger partial charge < -0.3 is 21.1 Å². The summed E-state index contributed by atoms with van der Waals surface area (Å²) in [5.74, 6) is 0. The Morgan fingerprint density at radius 3 is 2.50 bits per heavy atom. The van der Waals surface area contributed by atoms with Crippen LogP contribution in [0.25, 0.3) is 0 Å². The van der Waals surface area contributed by atoms with Crippen LogP contribution in [0.2, 0.25) is 0 Å².